The fraction of sp³-hybridized carbons (Fsp3) is 0.704. The van der Waals surface area contributed by atoms with Crippen LogP contribution in [0.5, 0.6) is 0 Å². The van der Waals surface area contributed by atoms with Gasteiger partial charge in [-0.15, -0.1) is 0 Å². The van der Waals surface area contributed by atoms with Crippen LogP contribution in [0, 0.1) is 0 Å². The summed E-state index contributed by atoms with van der Waals surface area (Å²) in [6.45, 7) is 7.11. The highest BCUT2D eigenvalue weighted by molar-refractivity contribution is 6.12. The largest absolute Gasteiger partial charge is 0.481 e. The van der Waals surface area contributed by atoms with Gasteiger partial charge in [0.1, 0.15) is 6.04 Å². The first-order valence-electron chi connectivity index (χ1n) is 13.7. The molecule has 39 heavy (non-hydrogen) atoms. The molecule has 0 fully saturated rings. The smallest absolute Gasteiger partial charge is 0.303 e. The average Bonchev–Trinajstić information content (AvgIpc) is 3.17. The lowest BCUT2D eigenvalue weighted by molar-refractivity contribution is -0.138. The van der Waals surface area contributed by atoms with Crippen molar-refractivity contribution in [2.75, 3.05) is 26.2 Å². The van der Waals surface area contributed by atoms with Gasteiger partial charge in [-0.05, 0) is 52.4 Å². The Morgan fingerprint density at radius 3 is 2.23 bits per heavy atom. The van der Waals surface area contributed by atoms with E-state index >= 15 is 0 Å². The summed E-state index contributed by atoms with van der Waals surface area (Å²) in [6, 6.07) is -0.833. The second kappa shape index (κ2) is 18.1. The number of hydrogen-bond acceptors (Lipinski definition) is 7. The van der Waals surface area contributed by atoms with Crippen molar-refractivity contribution in [2.45, 2.75) is 96.6 Å². The molecule has 12 heteroatoms. The number of hydrogen-bond donors (Lipinski definition) is 4. The van der Waals surface area contributed by atoms with Crippen LogP contribution in [-0.4, -0.2) is 83.4 Å². The van der Waals surface area contributed by atoms with Gasteiger partial charge in [-0.3, -0.25) is 33.7 Å². The number of nitrogens with zero attached hydrogens (tertiary/aromatic N) is 1. The highest BCUT2D eigenvalue weighted by Crippen LogP contribution is 2.15. The normalized spacial score (nSPS) is 13.9. The van der Waals surface area contributed by atoms with Crippen LogP contribution in [0.1, 0.15) is 85.0 Å². The van der Waals surface area contributed by atoms with Gasteiger partial charge in [0.15, 0.2) is 0 Å². The number of aliphatic carboxylic acids is 1. The van der Waals surface area contributed by atoms with Gasteiger partial charge in [0.05, 0.1) is 12.0 Å². The van der Waals surface area contributed by atoms with E-state index in [1.54, 1.807) is 0 Å². The van der Waals surface area contributed by atoms with Gasteiger partial charge in [0.25, 0.3) is 11.8 Å². The van der Waals surface area contributed by atoms with E-state index in [1.807, 2.05) is 13.8 Å². The Morgan fingerprint density at radius 2 is 1.59 bits per heavy atom. The maximum Gasteiger partial charge on any atom is 0.303 e. The quantitative estimate of drug-likeness (QED) is 0.122. The minimum absolute atomic E-state index is 0.0199. The number of carboxylic acids is 1. The highest BCUT2D eigenvalue weighted by Gasteiger charge is 2.25. The second-order valence-corrected chi connectivity index (χ2v) is 10.2. The maximum absolute atomic E-state index is 12.7. The molecule has 5 amide bonds. The Kier molecular flexibility index (Phi) is 15.7. The maximum atomic E-state index is 12.7. The molecule has 1 atom stereocenters. The summed E-state index contributed by atoms with van der Waals surface area (Å²) < 4.78 is 5.77. The van der Waals surface area contributed by atoms with Crippen molar-refractivity contribution >= 4 is 35.5 Å². The molecule has 1 aliphatic rings. The predicted octanol–water partition coefficient (Wildman–Crippen LogP) is 1.43. The number of carboxylic acid groups (broad SMARTS) is 1. The van der Waals surface area contributed by atoms with Crippen LogP contribution in [0.15, 0.2) is 12.2 Å². The number of imide groups is 1. The second-order valence-electron chi connectivity index (χ2n) is 10.2. The molecule has 0 aromatic carbocycles. The van der Waals surface area contributed by atoms with Gasteiger partial charge in [-0.2, -0.15) is 0 Å². The molecule has 1 heterocycles. The molecule has 0 saturated heterocycles. The first kappa shape index (κ1) is 33.7. The number of nitrogens with one attached hydrogen (secondary N) is 3. The minimum atomic E-state index is -0.961. The van der Waals surface area contributed by atoms with E-state index in [1.165, 1.54) is 12.2 Å². The molecule has 12 nitrogen and oxygen atoms in total. The van der Waals surface area contributed by atoms with Crippen LogP contribution < -0.4 is 16.0 Å². The molecule has 1 aliphatic heterocycles. The van der Waals surface area contributed by atoms with E-state index in [2.05, 4.69) is 22.9 Å². The van der Waals surface area contributed by atoms with Crippen LogP contribution in [0.4, 0.5) is 0 Å². The van der Waals surface area contributed by atoms with Crippen LogP contribution in [0.3, 0.4) is 0 Å². The van der Waals surface area contributed by atoms with Gasteiger partial charge < -0.3 is 25.8 Å². The molecular weight excluding hydrogens is 508 g/mol. The van der Waals surface area contributed by atoms with Crippen molar-refractivity contribution in [3.05, 3.63) is 12.2 Å². The summed E-state index contributed by atoms with van der Waals surface area (Å²) in [6.07, 6.45) is 6.46. The first-order chi connectivity index (χ1) is 18.4. The summed E-state index contributed by atoms with van der Waals surface area (Å²) in [7, 11) is 0. The zero-order valence-corrected chi connectivity index (χ0v) is 23.4. The molecule has 0 aromatic heterocycles. The van der Waals surface area contributed by atoms with Crippen molar-refractivity contribution < 1.29 is 38.6 Å². The molecule has 0 saturated carbocycles. The van der Waals surface area contributed by atoms with Crippen LogP contribution in [0.2, 0.25) is 0 Å². The number of carbonyl (C=O) groups excluding carboxylic acids is 5. The Bertz CT molecular complexity index is 869. The highest BCUT2D eigenvalue weighted by atomic mass is 16.5. The van der Waals surface area contributed by atoms with Crippen molar-refractivity contribution in [3.8, 4) is 0 Å². The van der Waals surface area contributed by atoms with E-state index in [-0.39, 0.29) is 51.1 Å². The zero-order valence-electron chi connectivity index (χ0n) is 23.4. The number of unbranched alkanes of at least 4 members (excludes halogenated alkanes) is 2. The molecular formula is C27H44N4O8. The van der Waals surface area contributed by atoms with Crippen molar-refractivity contribution in [1.29, 1.82) is 0 Å². The number of carbonyl (C=O) groups is 6. The van der Waals surface area contributed by atoms with Gasteiger partial charge >= 0.3 is 5.97 Å². The van der Waals surface area contributed by atoms with E-state index in [4.69, 9.17) is 9.84 Å². The molecule has 0 aromatic rings. The summed E-state index contributed by atoms with van der Waals surface area (Å²) in [5.41, 5.74) is -0.556. The van der Waals surface area contributed by atoms with Gasteiger partial charge in [-0.1, -0.05) is 13.3 Å². The van der Waals surface area contributed by atoms with Crippen LogP contribution in [-0.2, 0) is 33.5 Å². The van der Waals surface area contributed by atoms with E-state index in [9.17, 15) is 28.8 Å². The fourth-order valence-corrected chi connectivity index (χ4v) is 3.85. The lowest BCUT2D eigenvalue weighted by Crippen LogP contribution is -2.47. The molecule has 4 N–H and O–H groups in total. The zero-order chi connectivity index (χ0) is 29.3. The van der Waals surface area contributed by atoms with Gasteiger partial charge in [0, 0.05) is 51.2 Å². The minimum Gasteiger partial charge on any atom is -0.481 e. The molecule has 220 valence electrons. The van der Waals surface area contributed by atoms with Gasteiger partial charge in [0.2, 0.25) is 17.7 Å². The monoisotopic (exact) mass is 552 g/mol. The standard InChI is InChI=1S/C27H44N4O8/c1-4-5-18-39-27(2,3)19-22(33)28-15-7-6-10-20(26(38)29-16-8-12-25(36)37)30-21(32)11-9-17-31-23(34)13-14-24(31)35/h13-14,20H,4-12,15-19H2,1-3H3,(H,28,33)(H,29,38)(H,30,32)(H,36,37)/t20-/m0/s1. The molecule has 0 spiro atoms. The Balaban J connectivity index is 2.47. The van der Waals surface area contributed by atoms with Crippen LogP contribution in [0.25, 0.3) is 0 Å². The Hall–Kier alpha value is -3.28. The van der Waals surface area contributed by atoms with E-state index in [0.29, 0.717) is 32.4 Å². The van der Waals surface area contributed by atoms with Crippen molar-refractivity contribution in [3.63, 3.8) is 0 Å². The third-order valence-corrected chi connectivity index (χ3v) is 6.02. The SMILES string of the molecule is CCCCOC(C)(C)CC(=O)NCCCC[C@H](NC(=O)CCCN1C(=O)C=CC1=O)C(=O)NCCCC(=O)O. The Labute approximate surface area is 230 Å². The summed E-state index contributed by atoms with van der Waals surface area (Å²) in [4.78, 5) is 72.4. The topological polar surface area (TPSA) is 171 Å². The lowest BCUT2D eigenvalue weighted by Gasteiger charge is -2.24. The van der Waals surface area contributed by atoms with Crippen molar-refractivity contribution in [1.82, 2.24) is 20.9 Å². The fourth-order valence-electron chi connectivity index (χ4n) is 3.85. The third-order valence-electron chi connectivity index (χ3n) is 6.02. The Morgan fingerprint density at radius 1 is 0.923 bits per heavy atom. The predicted molar refractivity (Wildman–Crippen MR) is 143 cm³/mol. The van der Waals surface area contributed by atoms with E-state index in [0.717, 1.165) is 17.7 Å². The third kappa shape index (κ3) is 15.0. The number of amides is 5. The van der Waals surface area contributed by atoms with Crippen LogP contribution >= 0.6 is 0 Å². The molecule has 0 aliphatic carbocycles. The number of rotatable bonds is 21. The molecule has 0 unspecified atom stereocenters. The number of ether oxygens (including phenoxy) is 1. The molecule has 1 rings (SSSR count). The lowest BCUT2D eigenvalue weighted by atomic mass is 10.0. The summed E-state index contributed by atoms with van der Waals surface area (Å²) in [5, 5.41) is 17.0. The molecule has 0 radical (unpaired) electrons. The first-order valence-corrected chi connectivity index (χ1v) is 13.7. The molecule has 0 bridgehead atoms. The summed E-state index contributed by atoms with van der Waals surface area (Å²) in [5.74, 6) is -2.73. The average molecular weight is 553 g/mol. The summed E-state index contributed by atoms with van der Waals surface area (Å²) >= 11 is 0. The van der Waals surface area contributed by atoms with Crippen molar-refractivity contribution in [2.24, 2.45) is 0 Å². The van der Waals surface area contributed by atoms with E-state index < -0.39 is 41.2 Å². The van der Waals surface area contributed by atoms with Gasteiger partial charge in [-0.25, -0.2) is 0 Å².